The van der Waals surface area contributed by atoms with Gasteiger partial charge in [0.25, 0.3) is 5.69 Å². The van der Waals surface area contributed by atoms with Crippen molar-refractivity contribution in [3.63, 3.8) is 0 Å². The predicted octanol–water partition coefficient (Wildman–Crippen LogP) is 9.88. The Balaban J connectivity index is 1.43. The Morgan fingerprint density at radius 3 is 2.17 bits per heavy atom. The summed E-state index contributed by atoms with van der Waals surface area (Å²) in [5, 5.41) is 34.3. The van der Waals surface area contributed by atoms with Crippen LogP contribution in [0.3, 0.4) is 0 Å². The third kappa shape index (κ3) is 14.8. The van der Waals surface area contributed by atoms with E-state index in [1.165, 1.54) is 13.2 Å². The second kappa shape index (κ2) is 21.0. The van der Waals surface area contributed by atoms with Crippen LogP contribution in [-0.4, -0.2) is 56.8 Å². The van der Waals surface area contributed by atoms with Gasteiger partial charge in [-0.05, 0) is 92.6 Å². The van der Waals surface area contributed by atoms with Gasteiger partial charge in [0.1, 0.15) is 18.0 Å². The molecule has 0 saturated heterocycles. The van der Waals surface area contributed by atoms with E-state index in [2.05, 4.69) is 36.0 Å². The molecule has 3 aromatic carbocycles. The van der Waals surface area contributed by atoms with Crippen molar-refractivity contribution in [1.29, 1.82) is 0 Å². The van der Waals surface area contributed by atoms with Crippen LogP contribution in [0.1, 0.15) is 64.5 Å². The molecule has 0 aromatic heterocycles. The van der Waals surface area contributed by atoms with Crippen LogP contribution in [0.15, 0.2) is 87.2 Å². The molecule has 0 aliphatic carbocycles. The Kier molecular flexibility index (Phi) is 16.6. The van der Waals surface area contributed by atoms with E-state index in [1.54, 1.807) is 37.3 Å². The molecule has 2 amide bonds. The Morgan fingerprint density at radius 1 is 0.868 bits per heavy atom. The van der Waals surface area contributed by atoms with Crippen molar-refractivity contribution in [2.45, 2.75) is 67.2 Å². The van der Waals surface area contributed by atoms with Gasteiger partial charge in [-0.25, -0.2) is 4.79 Å². The average Bonchev–Trinajstić information content (AvgIpc) is 3.12. The molecule has 2 N–H and O–H groups in total. The van der Waals surface area contributed by atoms with Gasteiger partial charge in [-0.3, -0.25) is 14.9 Å². The molecule has 3 aromatic rings. The third-order valence-electron chi connectivity index (χ3n) is 7.96. The fraction of sp³-hybridized carbons (Fsp3) is 0.436. The number of alkyl carbamates (subject to hydrolysis) is 1. The van der Waals surface area contributed by atoms with E-state index in [4.69, 9.17) is 9.47 Å². The van der Waals surface area contributed by atoms with E-state index >= 15 is 0 Å². The first-order valence-electron chi connectivity index (χ1n) is 17.8. The number of ether oxygens (including phenoxy) is 2. The molecule has 0 atom stereocenters. The smallest absolute Gasteiger partial charge is 0.407 e. The van der Waals surface area contributed by atoms with Gasteiger partial charge in [0.2, 0.25) is 5.91 Å². The predicted molar refractivity (Wildman–Crippen MR) is 208 cm³/mol. The van der Waals surface area contributed by atoms with E-state index in [-0.39, 0.29) is 29.3 Å². The number of carbonyl (C=O) groups is 2. The first-order valence-corrected chi connectivity index (χ1v) is 17.8. The van der Waals surface area contributed by atoms with E-state index in [0.717, 1.165) is 49.0 Å². The molecule has 53 heavy (non-hydrogen) atoms. The van der Waals surface area contributed by atoms with Crippen molar-refractivity contribution in [2.24, 2.45) is 25.9 Å². The highest BCUT2D eigenvalue weighted by Gasteiger charge is 2.15. The molecule has 0 spiro atoms. The minimum atomic E-state index is -0.480. The van der Waals surface area contributed by atoms with Crippen molar-refractivity contribution in [1.82, 2.24) is 10.6 Å². The first kappa shape index (κ1) is 41.8. The number of hydrogen-bond donors (Lipinski definition) is 2. The van der Waals surface area contributed by atoms with Crippen LogP contribution in [0.4, 0.5) is 38.9 Å². The molecule has 14 nitrogen and oxygen atoms in total. The molecule has 14 heteroatoms. The SMILES string of the molecule is CCN(CCOC(=O)NCCCCCCNC(=O)/C=C/C(C)(C)C)c1ccc(N=Nc2cc(C)c(N=Nc3ccc(C)cc3[N+](=O)[O-])cc2OC)cc1. The maximum atomic E-state index is 12.2. The van der Waals surface area contributed by atoms with Gasteiger partial charge in [0.05, 0.1) is 30.0 Å². The third-order valence-corrected chi connectivity index (χ3v) is 7.96. The highest BCUT2D eigenvalue weighted by atomic mass is 16.6. The van der Waals surface area contributed by atoms with E-state index in [9.17, 15) is 19.7 Å². The highest BCUT2D eigenvalue weighted by Crippen LogP contribution is 2.37. The number of unbranched alkanes of at least 4 members (excludes halogenated alkanes) is 3. The van der Waals surface area contributed by atoms with Crippen molar-refractivity contribution < 1.29 is 24.0 Å². The van der Waals surface area contributed by atoms with Gasteiger partial charge in [-0.1, -0.05) is 45.8 Å². The first-order chi connectivity index (χ1) is 25.3. The van der Waals surface area contributed by atoms with Crippen LogP contribution < -0.4 is 20.3 Å². The molecule has 0 aliphatic heterocycles. The maximum Gasteiger partial charge on any atom is 0.407 e. The second-order valence-corrected chi connectivity index (χ2v) is 13.5. The standard InChI is InChI=1S/C39H52N8O6/c1-8-46(23-24-53-38(49)41-22-12-10-9-11-21-40-37(48)19-20-39(4,5)6)31-16-14-30(15-17-31)42-45-34-26-29(3)33(27-36(34)52-7)44-43-32-18-13-28(2)25-35(32)47(50)51/h13-20,25-27H,8-12,21-24H2,1-7H3,(H,40,48)(H,41,49)/b20-19+,44-43?,45-42?. The molecule has 284 valence electrons. The highest BCUT2D eigenvalue weighted by molar-refractivity contribution is 5.87. The Bertz CT molecular complexity index is 1770. The van der Waals surface area contributed by atoms with Gasteiger partial charge >= 0.3 is 6.09 Å². The zero-order valence-corrected chi connectivity index (χ0v) is 31.8. The number of nitro benzene ring substituents is 1. The number of methoxy groups -OCH3 is 1. The minimum Gasteiger partial charge on any atom is -0.494 e. The lowest BCUT2D eigenvalue weighted by Crippen LogP contribution is -2.31. The molecule has 0 heterocycles. The van der Waals surface area contributed by atoms with Crippen LogP contribution in [0.5, 0.6) is 5.75 Å². The zero-order valence-electron chi connectivity index (χ0n) is 31.8. The quantitative estimate of drug-likeness (QED) is 0.0406. The average molecular weight is 729 g/mol. The Morgan fingerprint density at radius 2 is 1.53 bits per heavy atom. The number of anilines is 1. The summed E-state index contributed by atoms with van der Waals surface area (Å²) in [4.78, 5) is 37.1. The summed E-state index contributed by atoms with van der Waals surface area (Å²) < 4.78 is 10.9. The van der Waals surface area contributed by atoms with Crippen LogP contribution in [0, 0.1) is 29.4 Å². The number of allylic oxidation sites excluding steroid dienone is 1. The number of nitrogens with one attached hydrogen (secondary N) is 2. The topological polar surface area (TPSA) is 172 Å². The van der Waals surface area contributed by atoms with Crippen molar-refractivity contribution in [3.8, 4) is 5.75 Å². The lowest BCUT2D eigenvalue weighted by atomic mass is 9.96. The zero-order chi connectivity index (χ0) is 38.8. The molecule has 3 rings (SSSR count). The number of rotatable bonds is 19. The van der Waals surface area contributed by atoms with Crippen molar-refractivity contribution >= 4 is 46.1 Å². The maximum absolute atomic E-state index is 12.2. The lowest BCUT2D eigenvalue weighted by Gasteiger charge is -2.23. The molecular weight excluding hydrogens is 676 g/mol. The summed E-state index contributed by atoms with van der Waals surface area (Å²) in [5.74, 6) is 0.354. The van der Waals surface area contributed by atoms with Gasteiger partial charge in [-0.15, -0.1) is 15.3 Å². The van der Waals surface area contributed by atoms with Crippen molar-refractivity contribution in [3.05, 3.63) is 88.0 Å². The Labute approximate surface area is 311 Å². The lowest BCUT2D eigenvalue weighted by molar-refractivity contribution is -0.384. The molecule has 0 saturated carbocycles. The summed E-state index contributed by atoms with van der Waals surface area (Å²) in [6.07, 6.45) is 6.69. The van der Waals surface area contributed by atoms with Crippen LogP contribution >= 0.6 is 0 Å². The number of likely N-dealkylation sites (N-methyl/N-ethyl adjacent to an activating group) is 1. The summed E-state index contributed by atoms with van der Waals surface area (Å²) >= 11 is 0. The fourth-order valence-corrected chi connectivity index (χ4v) is 4.98. The minimum absolute atomic E-state index is 0.0196. The number of aryl methyl sites for hydroxylation is 2. The number of azo groups is 2. The number of carbonyl (C=O) groups excluding carboxylic acids is 2. The molecule has 0 aliphatic rings. The van der Waals surface area contributed by atoms with Crippen LogP contribution in [0.2, 0.25) is 0 Å². The monoisotopic (exact) mass is 728 g/mol. The summed E-state index contributed by atoms with van der Waals surface area (Å²) in [6, 6.07) is 15.8. The van der Waals surface area contributed by atoms with E-state index < -0.39 is 11.0 Å². The number of nitrogens with zero attached hydrogens (tertiary/aromatic N) is 6. The van der Waals surface area contributed by atoms with Gasteiger partial charge < -0.3 is 25.0 Å². The summed E-state index contributed by atoms with van der Waals surface area (Å²) in [7, 11) is 1.51. The fourth-order valence-electron chi connectivity index (χ4n) is 4.98. The Hall–Kier alpha value is -5.66. The van der Waals surface area contributed by atoms with Gasteiger partial charge in [-0.2, -0.15) is 5.11 Å². The molecular formula is C39H52N8O6. The number of hydrogen-bond acceptors (Lipinski definition) is 11. The normalized spacial score (nSPS) is 11.7. The summed E-state index contributed by atoms with van der Waals surface area (Å²) in [6.45, 7) is 14.4. The molecule has 0 unspecified atom stereocenters. The largest absolute Gasteiger partial charge is 0.494 e. The number of amides is 2. The van der Waals surface area contributed by atoms with Crippen LogP contribution in [0.25, 0.3) is 0 Å². The van der Waals surface area contributed by atoms with E-state index in [0.29, 0.717) is 42.4 Å². The van der Waals surface area contributed by atoms with Gasteiger partial charge in [0.15, 0.2) is 5.69 Å². The molecule has 0 radical (unpaired) electrons. The molecule has 0 bridgehead atoms. The summed E-state index contributed by atoms with van der Waals surface area (Å²) in [5.41, 5.74) is 4.07. The molecule has 0 fully saturated rings. The van der Waals surface area contributed by atoms with E-state index in [1.807, 2.05) is 65.0 Å². The van der Waals surface area contributed by atoms with Gasteiger partial charge in [0, 0.05) is 37.5 Å². The van der Waals surface area contributed by atoms with Crippen LogP contribution in [-0.2, 0) is 9.53 Å². The number of benzene rings is 3. The number of nitro groups is 1. The van der Waals surface area contributed by atoms with Crippen molar-refractivity contribution in [2.75, 3.05) is 44.8 Å². The second-order valence-electron chi connectivity index (χ2n) is 13.5.